The molecule has 1 radical (unpaired) electrons. The molecule has 83 valence electrons. The molecule has 0 atom stereocenters. The lowest BCUT2D eigenvalue weighted by Gasteiger charge is -2.15. The lowest BCUT2D eigenvalue weighted by atomic mass is 10.1. The van der Waals surface area contributed by atoms with E-state index in [1.165, 1.54) is 12.1 Å². The minimum atomic E-state index is -1.30. The quantitative estimate of drug-likeness (QED) is 0.713. The van der Waals surface area contributed by atoms with Crippen LogP contribution in [0, 0.1) is 18.1 Å². The Morgan fingerprint density at radius 2 is 1.67 bits per heavy atom. The fourth-order valence-corrected chi connectivity index (χ4v) is 2.38. The van der Waals surface area contributed by atoms with Crippen LogP contribution < -0.4 is 0 Å². The molecule has 0 saturated heterocycles. The zero-order valence-electron chi connectivity index (χ0n) is 9.07. The van der Waals surface area contributed by atoms with Gasteiger partial charge in [-0.2, -0.15) is 0 Å². The molecule has 0 unspecified atom stereocenters. The van der Waals surface area contributed by atoms with Gasteiger partial charge in [-0.3, -0.25) is 0 Å². The van der Waals surface area contributed by atoms with Crippen LogP contribution in [0.5, 0.6) is 0 Å². The number of benzene rings is 1. The van der Waals surface area contributed by atoms with Crippen molar-refractivity contribution in [3.05, 3.63) is 40.2 Å². The molecule has 0 N–H and O–H groups in total. The summed E-state index contributed by atoms with van der Waals surface area (Å²) in [4.78, 5) is 0. The first-order valence-electron chi connectivity index (χ1n) is 4.77. The summed E-state index contributed by atoms with van der Waals surface area (Å²) in [5, 5.41) is 0. The molecule has 15 heavy (non-hydrogen) atoms. The maximum absolute atomic E-state index is 13.4. The molecule has 0 nitrogen and oxygen atoms in total. The molecule has 1 aromatic carbocycles. The summed E-state index contributed by atoms with van der Waals surface area (Å²) in [6.07, 6.45) is 1.67. The van der Waals surface area contributed by atoms with Crippen molar-refractivity contribution in [3.63, 3.8) is 0 Å². The van der Waals surface area contributed by atoms with Crippen LogP contribution in [0.2, 0.25) is 25.7 Å². The molecular weight excluding hydrogens is 278 g/mol. The number of rotatable bonds is 3. The van der Waals surface area contributed by atoms with Gasteiger partial charge in [0.15, 0.2) is 0 Å². The van der Waals surface area contributed by atoms with Gasteiger partial charge in [0.2, 0.25) is 0 Å². The molecule has 0 aliphatic carbocycles. The van der Waals surface area contributed by atoms with E-state index in [1.807, 2.05) is 0 Å². The summed E-state index contributed by atoms with van der Waals surface area (Å²) >= 11 is 3.05. The molecule has 0 amide bonds. The molecule has 0 spiro atoms. The van der Waals surface area contributed by atoms with E-state index >= 15 is 0 Å². The lowest BCUT2D eigenvalue weighted by molar-refractivity contribution is 0.569. The highest BCUT2D eigenvalue weighted by atomic mass is 79.9. The largest absolute Gasteiger partial charge is 0.207 e. The molecule has 1 rings (SSSR count). The topological polar surface area (TPSA) is 0 Å². The van der Waals surface area contributed by atoms with Crippen molar-refractivity contribution in [3.8, 4) is 0 Å². The smallest absolute Gasteiger partial charge is 0.130 e. The average molecular weight is 292 g/mol. The summed E-state index contributed by atoms with van der Waals surface area (Å²) in [6, 6.07) is 3.36. The van der Waals surface area contributed by atoms with Crippen LogP contribution in [0.4, 0.5) is 8.78 Å². The van der Waals surface area contributed by atoms with E-state index in [-0.39, 0.29) is 5.56 Å². The Labute approximate surface area is 98.8 Å². The zero-order valence-corrected chi connectivity index (χ0v) is 11.7. The van der Waals surface area contributed by atoms with Gasteiger partial charge in [-0.25, -0.2) is 8.78 Å². The van der Waals surface area contributed by atoms with Gasteiger partial charge in [-0.1, -0.05) is 35.6 Å². The molecule has 0 fully saturated rings. The summed E-state index contributed by atoms with van der Waals surface area (Å²) in [5.74, 6) is -1.000. The average Bonchev–Trinajstić information content (AvgIpc) is 1.99. The fraction of sp³-hybridized carbons (Fsp3) is 0.364. The molecule has 4 heteroatoms. The van der Waals surface area contributed by atoms with Crippen molar-refractivity contribution in [2.75, 3.05) is 0 Å². The highest BCUT2D eigenvalue weighted by Gasteiger charge is 2.17. The van der Waals surface area contributed by atoms with Gasteiger partial charge in [-0.15, -0.1) is 0 Å². The SMILES string of the molecule is C[Si](C)(C)C[CH]c1c(F)cc(Br)cc1F. The Morgan fingerprint density at radius 3 is 2.07 bits per heavy atom. The van der Waals surface area contributed by atoms with E-state index in [2.05, 4.69) is 35.6 Å². The Balaban J connectivity index is 2.86. The third kappa shape index (κ3) is 4.03. The van der Waals surface area contributed by atoms with Gasteiger partial charge in [0.25, 0.3) is 0 Å². The second-order valence-corrected chi connectivity index (χ2v) is 11.2. The highest BCUT2D eigenvalue weighted by molar-refractivity contribution is 9.10. The van der Waals surface area contributed by atoms with Crippen molar-refractivity contribution >= 4 is 24.0 Å². The predicted molar refractivity (Wildman–Crippen MR) is 65.6 cm³/mol. The highest BCUT2D eigenvalue weighted by Crippen LogP contribution is 2.24. The van der Waals surface area contributed by atoms with E-state index in [4.69, 9.17) is 0 Å². The third-order valence-electron chi connectivity index (χ3n) is 1.96. The van der Waals surface area contributed by atoms with E-state index in [0.29, 0.717) is 4.47 Å². The Kier molecular flexibility index (Phi) is 4.06. The van der Waals surface area contributed by atoms with Crippen molar-refractivity contribution in [2.24, 2.45) is 0 Å². The second kappa shape index (κ2) is 4.74. The predicted octanol–water partition coefficient (Wildman–Crippen LogP) is 4.62. The Hall–Kier alpha value is -0.223. The first-order valence-corrected chi connectivity index (χ1v) is 9.27. The molecule has 0 aliphatic rings. The van der Waals surface area contributed by atoms with Crippen molar-refractivity contribution in [1.29, 1.82) is 0 Å². The van der Waals surface area contributed by atoms with Crippen LogP contribution >= 0.6 is 15.9 Å². The van der Waals surface area contributed by atoms with Crippen molar-refractivity contribution in [1.82, 2.24) is 0 Å². The summed E-state index contributed by atoms with van der Waals surface area (Å²) in [7, 11) is -1.30. The maximum atomic E-state index is 13.4. The number of halogens is 3. The summed E-state index contributed by atoms with van der Waals surface area (Å²) in [6.45, 7) is 6.49. The maximum Gasteiger partial charge on any atom is 0.130 e. The first-order chi connectivity index (χ1) is 6.79. The second-order valence-electron chi connectivity index (χ2n) is 4.75. The number of hydrogen-bond acceptors (Lipinski definition) is 0. The minimum Gasteiger partial charge on any atom is -0.207 e. The zero-order chi connectivity index (χ0) is 11.6. The van der Waals surface area contributed by atoms with Crippen molar-refractivity contribution < 1.29 is 8.78 Å². The van der Waals surface area contributed by atoms with Gasteiger partial charge in [0.05, 0.1) is 0 Å². The molecule has 1 aromatic rings. The Morgan fingerprint density at radius 1 is 1.20 bits per heavy atom. The van der Waals surface area contributed by atoms with E-state index in [1.54, 1.807) is 6.42 Å². The minimum absolute atomic E-state index is 0.0978. The molecule has 0 aliphatic heterocycles. The molecule has 0 heterocycles. The fourth-order valence-electron chi connectivity index (χ4n) is 1.16. The molecule has 0 bridgehead atoms. The summed E-state index contributed by atoms with van der Waals surface area (Å²) in [5.41, 5.74) is 0.0978. The summed E-state index contributed by atoms with van der Waals surface area (Å²) < 4.78 is 27.2. The third-order valence-corrected chi connectivity index (χ3v) is 3.85. The van der Waals surface area contributed by atoms with Crippen LogP contribution in [-0.2, 0) is 0 Å². The van der Waals surface area contributed by atoms with Crippen LogP contribution in [0.1, 0.15) is 5.56 Å². The van der Waals surface area contributed by atoms with E-state index in [0.717, 1.165) is 6.04 Å². The van der Waals surface area contributed by atoms with Crippen LogP contribution in [-0.4, -0.2) is 8.07 Å². The van der Waals surface area contributed by atoms with Crippen molar-refractivity contribution in [2.45, 2.75) is 25.7 Å². The van der Waals surface area contributed by atoms with E-state index in [9.17, 15) is 8.78 Å². The van der Waals surface area contributed by atoms with Gasteiger partial charge in [0, 0.05) is 18.1 Å². The first kappa shape index (κ1) is 12.8. The number of hydrogen-bond donors (Lipinski definition) is 0. The molecular formula is C11H14BrF2Si. The van der Waals surface area contributed by atoms with Gasteiger partial charge >= 0.3 is 0 Å². The van der Waals surface area contributed by atoms with Gasteiger partial charge in [-0.05, 0) is 24.6 Å². The van der Waals surface area contributed by atoms with Crippen LogP contribution in [0.3, 0.4) is 0 Å². The molecule has 0 aromatic heterocycles. The van der Waals surface area contributed by atoms with E-state index < -0.39 is 19.7 Å². The monoisotopic (exact) mass is 291 g/mol. The standard InChI is InChI=1S/C11H14BrF2Si/c1-15(2,3)5-4-9-10(13)6-8(12)7-11(9)14/h4,6-7H,5H2,1-3H3. The van der Waals surface area contributed by atoms with Gasteiger partial charge in [0.1, 0.15) is 11.6 Å². The lowest BCUT2D eigenvalue weighted by Crippen LogP contribution is -2.19. The van der Waals surface area contributed by atoms with Crippen LogP contribution in [0.25, 0.3) is 0 Å². The molecule has 0 saturated carbocycles. The normalized spacial score (nSPS) is 11.9. The van der Waals surface area contributed by atoms with Crippen LogP contribution in [0.15, 0.2) is 16.6 Å². The van der Waals surface area contributed by atoms with Gasteiger partial charge < -0.3 is 0 Å². The Bertz CT molecular complexity index is 335.